The number of nitrogens with zero attached hydrogens (tertiary/aromatic N) is 1. The molecule has 0 saturated heterocycles. The molecule has 1 unspecified atom stereocenters. The third-order valence-corrected chi connectivity index (χ3v) is 4.74. The third-order valence-electron chi connectivity index (χ3n) is 4.74. The highest BCUT2D eigenvalue weighted by Gasteiger charge is 2.34. The SMILES string of the molecule is CCCN(CCCC(CC)(CO)NC1CC1)C1CC1. The van der Waals surface area contributed by atoms with Gasteiger partial charge in [0.1, 0.15) is 0 Å². The normalized spacial score (nSPS) is 22.7. The maximum atomic E-state index is 9.77. The van der Waals surface area contributed by atoms with Gasteiger partial charge in [0.15, 0.2) is 0 Å². The summed E-state index contributed by atoms with van der Waals surface area (Å²) in [6.45, 7) is 7.23. The molecule has 2 saturated carbocycles. The Labute approximate surface area is 118 Å². The fourth-order valence-electron chi connectivity index (χ4n) is 3.07. The van der Waals surface area contributed by atoms with E-state index in [-0.39, 0.29) is 12.1 Å². The van der Waals surface area contributed by atoms with Crippen LogP contribution in [0.2, 0.25) is 0 Å². The van der Waals surface area contributed by atoms with E-state index in [1.807, 2.05) is 0 Å². The molecular weight excluding hydrogens is 236 g/mol. The van der Waals surface area contributed by atoms with Crippen molar-refractivity contribution in [3.05, 3.63) is 0 Å². The smallest absolute Gasteiger partial charge is 0.0613 e. The Kier molecular flexibility index (Phi) is 5.67. The summed E-state index contributed by atoms with van der Waals surface area (Å²) >= 11 is 0. The van der Waals surface area contributed by atoms with Gasteiger partial charge in [-0.05, 0) is 64.5 Å². The lowest BCUT2D eigenvalue weighted by atomic mass is 9.91. The summed E-state index contributed by atoms with van der Waals surface area (Å²) in [5.74, 6) is 0. The van der Waals surface area contributed by atoms with Crippen molar-refractivity contribution in [2.75, 3.05) is 19.7 Å². The van der Waals surface area contributed by atoms with Crippen molar-refractivity contribution in [2.45, 2.75) is 82.8 Å². The van der Waals surface area contributed by atoms with Crippen molar-refractivity contribution in [2.24, 2.45) is 0 Å². The summed E-state index contributed by atoms with van der Waals surface area (Å²) in [6, 6.07) is 1.56. The summed E-state index contributed by atoms with van der Waals surface area (Å²) in [6.07, 6.45) is 10.0. The van der Waals surface area contributed by atoms with Crippen LogP contribution in [0, 0.1) is 0 Å². The van der Waals surface area contributed by atoms with Crippen LogP contribution in [0.3, 0.4) is 0 Å². The second kappa shape index (κ2) is 7.05. The Morgan fingerprint density at radius 1 is 1.16 bits per heavy atom. The van der Waals surface area contributed by atoms with E-state index in [9.17, 15) is 5.11 Å². The molecule has 3 heteroatoms. The van der Waals surface area contributed by atoms with Gasteiger partial charge < -0.3 is 15.3 Å². The van der Waals surface area contributed by atoms with Crippen LogP contribution < -0.4 is 5.32 Å². The number of hydrogen-bond acceptors (Lipinski definition) is 3. The lowest BCUT2D eigenvalue weighted by Crippen LogP contribution is -2.49. The van der Waals surface area contributed by atoms with E-state index < -0.39 is 0 Å². The maximum Gasteiger partial charge on any atom is 0.0613 e. The Bertz CT molecular complexity index is 257. The van der Waals surface area contributed by atoms with Gasteiger partial charge in [-0.1, -0.05) is 13.8 Å². The number of nitrogens with one attached hydrogen (secondary N) is 1. The molecule has 2 aliphatic carbocycles. The van der Waals surface area contributed by atoms with Crippen molar-refractivity contribution in [3.63, 3.8) is 0 Å². The van der Waals surface area contributed by atoms with Gasteiger partial charge in [-0.2, -0.15) is 0 Å². The van der Waals surface area contributed by atoms with Gasteiger partial charge >= 0.3 is 0 Å². The number of aliphatic hydroxyl groups excluding tert-OH is 1. The zero-order valence-electron chi connectivity index (χ0n) is 12.8. The summed E-state index contributed by atoms with van der Waals surface area (Å²) in [5, 5.41) is 13.5. The molecule has 1 atom stereocenters. The van der Waals surface area contributed by atoms with Crippen molar-refractivity contribution >= 4 is 0 Å². The van der Waals surface area contributed by atoms with Gasteiger partial charge in [-0.3, -0.25) is 0 Å². The number of aliphatic hydroxyl groups is 1. The van der Waals surface area contributed by atoms with Crippen molar-refractivity contribution in [1.82, 2.24) is 10.2 Å². The molecule has 0 aromatic heterocycles. The minimum absolute atomic E-state index is 0.0113. The first kappa shape index (κ1) is 15.3. The highest BCUT2D eigenvalue weighted by atomic mass is 16.3. The molecule has 112 valence electrons. The van der Waals surface area contributed by atoms with Crippen LogP contribution in [0.15, 0.2) is 0 Å². The fourth-order valence-corrected chi connectivity index (χ4v) is 3.07. The molecule has 0 aliphatic heterocycles. The molecule has 0 amide bonds. The molecule has 0 aromatic carbocycles. The van der Waals surface area contributed by atoms with Crippen molar-refractivity contribution < 1.29 is 5.11 Å². The summed E-state index contributed by atoms with van der Waals surface area (Å²) in [4.78, 5) is 2.66. The van der Waals surface area contributed by atoms with E-state index in [0.717, 1.165) is 18.9 Å². The Hall–Kier alpha value is -0.120. The second-order valence-corrected chi connectivity index (χ2v) is 6.58. The van der Waals surface area contributed by atoms with E-state index in [4.69, 9.17) is 0 Å². The van der Waals surface area contributed by atoms with E-state index in [2.05, 4.69) is 24.1 Å². The standard InChI is InChI=1S/C16H32N2O/c1-3-11-18(15-8-9-15)12-5-10-16(4-2,13-19)17-14-6-7-14/h14-15,17,19H,3-13H2,1-2H3. The van der Waals surface area contributed by atoms with Crippen molar-refractivity contribution in [1.29, 1.82) is 0 Å². The first-order valence-corrected chi connectivity index (χ1v) is 8.35. The number of rotatable bonds is 11. The topological polar surface area (TPSA) is 35.5 Å². The molecule has 0 spiro atoms. The molecule has 0 radical (unpaired) electrons. The fraction of sp³-hybridized carbons (Fsp3) is 1.00. The molecule has 19 heavy (non-hydrogen) atoms. The summed E-state index contributed by atoms with van der Waals surface area (Å²) in [7, 11) is 0. The predicted octanol–water partition coefficient (Wildman–Crippen LogP) is 2.53. The van der Waals surface area contributed by atoms with Crippen LogP contribution in [0.4, 0.5) is 0 Å². The largest absolute Gasteiger partial charge is 0.394 e. The molecule has 0 aromatic rings. The van der Waals surface area contributed by atoms with Gasteiger partial charge in [-0.15, -0.1) is 0 Å². The van der Waals surface area contributed by atoms with Gasteiger partial charge in [0.05, 0.1) is 6.61 Å². The van der Waals surface area contributed by atoms with Crippen LogP contribution in [0.5, 0.6) is 0 Å². The highest BCUT2D eigenvalue weighted by molar-refractivity contribution is 4.95. The molecular formula is C16H32N2O. The van der Waals surface area contributed by atoms with Crippen LogP contribution in [-0.4, -0.2) is 47.3 Å². The third kappa shape index (κ3) is 4.73. The van der Waals surface area contributed by atoms with Gasteiger partial charge in [0.2, 0.25) is 0 Å². The average Bonchev–Trinajstić information content (AvgIpc) is 3.29. The monoisotopic (exact) mass is 268 g/mol. The second-order valence-electron chi connectivity index (χ2n) is 6.58. The van der Waals surface area contributed by atoms with Crippen molar-refractivity contribution in [3.8, 4) is 0 Å². The van der Waals surface area contributed by atoms with E-state index in [1.165, 1.54) is 51.6 Å². The molecule has 0 bridgehead atoms. The lowest BCUT2D eigenvalue weighted by Gasteiger charge is -2.33. The molecule has 3 nitrogen and oxygen atoms in total. The lowest BCUT2D eigenvalue weighted by molar-refractivity contribution is 0.135. The zero-order valence-corrected chi connectivity index (χ0v) is 12.8. The molecule has 2 rings (SSSR count). The van der Waals surface area contributed by atoms with E-state index in [1.54, 1.807) is 0 Å². The van der Waals surface area contributed by atoms with Crippen LogP contribution in [0.25, 0.3) is 0 Å². The van der Waals surface area contributed by atoms with E-state index >= 15 is 0 Å². The average molecular weight is 268 g/mol. The Balaban J connectivity index is 1.73. The molecule has 2 aliphatic rings. The summed E-state index contributed by atoms with van der Waals surface area (Å²) < 4.78 is 0. The summed E-state index contributed by atoms with van der Waals surface area (Å²) in [5.41, 5.74) is -0.0113. The van der Waals surface area contributed by atoms with Crippen LogP contribution in [0.1, 0.15) is 65.2 Å². The molecule has 2 fully saturated rings. The van der Waals surface area contributed by atoms with Gasteiger partial charge in [0, 0.05) is 17.6 Å². The number of hydrogen-bond donors (Lipinski definition) is 2. The maximum absolute atomic E-state index is 9.77. The quantitative estimate of drug-likeness (QED) is 0.604. The predicted molar refractivity (Wildman–Crippen MR) is 80.4 cm³/mol. The Morgan fingerprint density at radius 2 is 1.89 bits per heavy atom. The highest BCUT2D eigenvalue weighted by Crippen LogP contribution is 2.29. The minimum Gasteiger partial charge on any atom is -0.394 e. The first-order chi connectivity index (χ1) is 9.23. The van der Waals surface area contributed by atoms with Crippen LogP contribution >= 0.6 is 0 Å². The van der Waals surface area contributed by atoms with Crippen LogP contribution in [-0.2, 0) is 0 Å². The van der Waals surface area contributed by atoms with Gasteiger partial charge in [0.25, 0.3) is 0 Å². The van der Waals surface area contributed by atoms with Gasteiger partial charge in [-0.25, -0.2) is 0 Å². The molecule has 2 N–H and O–H groups in total. The zero-order chi connectivity index (χ0) is 13.7. The van der Waals surface area contributed by atoms with E-state index in [0.29, 0.717) is 6.04 Å². The minimum atomic E-state index is -0.0113. The first-order valence-electron chi connectivity index (χ1n) is 8.35. The Morgan fingerprint density at radius 3 is 2.37 bits per heavy atom. The molecule has 0 heterocycles.